The zero-order chi connectivity index (χ0) is 18.3. The molecule has 0 atom stereocenters. The molecule has 0 aromatic rings. The fraction of sp³-hybridized carbons (Fsp3) is 0.786. The Labute approximate surface area is 137 Å². The van der Waals surface area contributed by atoms with Gasteiger partial charge in [-0.05, 0) is 6.42 Å². The van der Waals surface area contributed by atoms with Crippen molar-refractivity contribution in [2.24, 2.45) is 0 Å². The van der Waals surface area contributed by atoms with E-state index >= 15 is 0 Å². The van der Waals surface area contributed by atoms with Crippen LogP contribution in [0.15, 0.2) is 0 Å². The first-order valence-corrected chi connectivity index (χ1v) is 8.70. The van der Waals surface area contributed by atoms with Crippen molar-refractivity contribution >= 4 is 29.0 Å². The first-order valence-electron chi connectivity index (χ1n) is 6.74. The lowest BCUT2D eigenvalue weighted by atomic mass is 10.4. The molecule has 0 N–H and O–H groups in total. The fourth-order valence-corrected chi connectivity index (χ4v) is 0.783. The molecular formula is C14H31N3O4S. The number of carbonyl (C=O) groups is 3. The van der Waals surface area contributed by atoms with Crippen molar-refractivity contribution in [2.45, 2.75) is 19.8 Å². The van der Waals surface area contributed by atoms with Gasteiger partial charge in [-0.1, -0.05) is 0 Å². The second kappa shape index (κ2) is 15.9. The summed E-state index contributed by atoms with van der Waals surface area (Å²) in [4.78, 5) is 34.7. The Kier molecular flexibility index (Phi) is 18.5. The monoisotopic (exact) mass is 337 g/mol. The van der Waals surface area contributed by atoms with E-state index in [4.69, 9.17) is 0 Å². The van der Waals surface area contributed by atoms with Gasteiger partial charge in [0.25, 0.3) is 0 Å². The smallest absolute Gasteiger partial charge is 0.222 e. The lowest BCUT2D eigenvalue weighted by Crippen LogP contribution is -2.17. The summed E-state index contributed by atoms with van der Waals surface area (Å²) in [7, 11) is 8.06. The third kappa shape index (κ3) is 27.0. The zero-order valence-corrected chi connectivity index (χ0v) is 15.9. The summed E-state index contributed by atoms with van der Waals surface area (Å²) in [6, 6.07) is 0. The van der Waals surface area contributed by atoms with Crippen LogP contribution in [0.2, 0.25) is 0 Å². The maximum Gasteiger partial charge on any atom is 0.222 e. The molecule has 0 bridgehead atoms. The van der Waals surface area contributed by atoms with E-state index in [0.29, 0.717) is 5.91 Å². The molecule has 132 valence electrons. The number of nitrogens with zero attached hydrogens (tertiary/aromatic N) is 3. The largest absolute Gasteiger partial charge is 0.351 e. The summed E-state index contributed by atoms with van der Waals surface area (Å²) in [5, 5.41) is 0. The predicted octanol–water partition coefficient (Wildman–Crippen LogP) is 0.0322. The van der Waals surface area contributed by atoms with Gasteiger partial charge in [0.1, 0.15) is 0 Å². The van der Waals surface area contributed by atoms with E-state index in [1.54, 1.807) is 45.6 Å². The molecule has 1 fully saturated rings. The molecule has 1 aliphatic rings. The Morgan fingerprint density at radius 2 is 1.55 bits per heavy atom. The van der Waals surface area contributed by atoms with Crippen LogP contribution in [-0.2, 0) is 25.2 Å². The maximum atomic E-state index is 10.5. The minimum atomic E-state index is -0.611. The summed E-state index contributed by atoms with van der Waals surface area (Å²) in [6.45, 7) is 2.48. The highest BCUT2D eigenvalue weighted by Crippen LogP contribution is 2.04. The zero-order valence-electron chi connectivity index (χ0n) is 15.1. The molecule has 1 saturated heterocycles. The van der Waals surface area contributed by atoms with Gasteiger partial charge in [-0.2, -0.15) is 0 Å². The number of rotatable bonds is 1. The van der Waals surface area contributed by atoms with Crippen LogP contribution >= 0.6 is 0 Å². The van der Waals surface area contributed by atoms with Gasteiger partial charge in [-0.25, -0.2) is 0 Å². The van der Waals surface area contributed by atoms with Crippen LogP contribution in [-0.4, -0.2) is 91.4 Å². The Hall–Kier alpha value is -1.44. The summed E-state index contributed by atoms with van der Waals surface area (Å²) >= 11 is 0. The number of carbonyl (C=O) groups excluding carboxylic acids is 3. The third-order valence-corrected chi connectivity index (χ3v) is 2.15. The van der Waals surface area contributed by atoms with Gasteiger partial charge in [0.05, 0.1) is 0 Å². The van der Waals surface area contributed by atoms with Crippen molar-refractivity contribution in [1.82, 2.24) is 14.7 Å². The molecule has 1 aliphatic heterocycles. The van der Waals surface area contributed by atoms with Crippen molar-refractivity contribution < 1.29 is 18.6 Å². The normalized spacial score (nSPS) is 12.0. The molecule has 1 heterocycles. The summed E-state index contributed by atoms with van der Waals surface area (Å²) in [5.41, 5.74) is 0. The summed E-state index contributed by atoms with van der Waals surface area (Å²) in [5.74, 6) is 0.384. The molecule has 0 spiro atoms. The molecule has 0 aromatic carbocycles. The molecule has 8 heteroatoms. The van der Waals surface area contributed by atoms with Crippen LogP contribution in [0.1, 0.15) is 19.8 Å². The van der Waals surface area contributed by atoms with Crippen molar-refractivity contribution in [1.29, 1.82) is 0 Å². The highest BCUT2D eigenvalue weighted by atomic mass is 32.2. The lowest BCUT2D eigenvalue weighted by Gasteiger charge is -2.03. The highest BCUT2D eigenvalue weighted by molar-refractivity contribution is 7.83. The molecule has 0 aliphatic carbocycles. The minimum absolute atomic E-state index is 0.0926. The van der Waals surface area contributed by atoms with Crippen molar-refractivity contribution in [3.8, 4) is 0 Å². The van der Waals surface area contributed by atoms with Crippen LogP contribution in [0, 0.1) is 0 Å². The van der Waals surface area contributed by atoms with Gasteiger partial charge in [-0.15, -0.1) is 0 Å². The van der Waals surface area contributed by atoms with Crippen LogP contribution in [0.25, 0.3) is 0 Å². The topological polar surface area (TPSA) is 78.0 Å². The van der Waals surface area contributed by atoms with E-state index < -0.39 is 10.8 Å². The van der Waals surface area contributed by atoms with Crippen molar-refractivity contribution in [3.63, 3.8) is 0 Å². The highest BCUT2D eigenvalue weighted by Gasteiger charge is 2.14. The first kappa shape index (κ1) is 25.5. The number of hydrogen-bond donors (Lipinski definition) is 0. The van der Waals surface area contributed by atoms with Gasteiger partial charge >= 0.3 is 0 Å². The molecule has 1 rings (SSSR count). The average molecular weight is 337 g/mol. The molecule has 0 unspecified atom stereocenters. The second-order valence-corrected chi connectivity index (χ2v) is 6.63. The number of likely N-dealkylation sites (tertiary alicyclic amines) is 1. The molecular weight excluding hydrogens is 306 g/mol. The molecule has 22 heavy (non-hydrogen) atoms. The molecule has 7 nitrogen and oxygen atoms in total. The molecule has 3 amide bonds. The molecule has 0 radical (unpaired) electrons. The second-order valence-electron chi connectivity index (χ2n) is 5.14. The predicted molar refractivity (Wildman–Crippen MR) is 91.0 cm³/mol. The van der Waals surface area contributed by atoms with Gasteiger partial charge < -0.3 is 14.7 Å². The standard InChI is InChI=1S/C5H9NO.C4H9NO.C3H7NO.C2H6OS/c1-6-4-2-3-5(6)7;1-4(6)5(2)3;1-4(2)3-5;1-4(2)3/h2-4H2,1H3;1-3H3;3H,1-2H3;1-2H3. The van der Waals surface area contributed by atoms with Crippen LogP contribution in [0.4, 0.5) is 0 Å². The first-order chi connectivity index (χ1) is 9.95. The fourth-order valence-electron chi connectivity index (χ4n) is 0.783. The lowest BCUT2D eigenvalue weighted by molar-refractivity contribution is -0.127. The third-order valence-electron chi connectivity index (χ3n) is 2.15. The van der Waals surface area contributed by atoms with E-state index in [2.05, 4.69) is 0 Å². The quantitative estimate of drug-likeness (QED) is 0.633. The van der Waals surface area contributed by atoms with Gasteiger partial charge in [-0.3, -0.25) is 18.6 Å². The van der Waals surface area contributed by atoms with Gasteiger partial charge in [0.2, 0.25) is 18.2 Å². The Morgan fingerprint density at radius 1 is 1.23 bits per heavy atom. The van der Waals surface area contributed by atoms with E-state index in [9.17, 15) is 18.6 Å². The number of amides is 3. The number of hydrogen-bond acceptors (Lipinski definition) is 4. The SMILES string of the molecule is CC(=O)N(C)C.CN(C)C=O.CN1CCCC1=O.CS(C)=O. The Morgan fingerprint density at radius 3 is 1.59 bits per heavy atom. The van der Waals surface area contributed by atoms with E-state index in [-0.39, 0.29) is 5.91 Å². The van der Waals surface area contributed by atoms with Crippen LogP contribution in [0.5, 0.6) is 0 Å². The van der Waals surface area contributed by atoms with Crippen molar-refractivity contribution in [3.05, 3.63) is 0 Å². The van der Waals surface area contributed by atoms with Gasteiger partial charge in [0, 0.05) is 78.4 Å². The summed E-state index contributed by atoms with van der Waals surface area (Å²) in [6.07, 6.45) is 5.84. The Balaban J connectivity index is -0.000000224. The van der Waals surface area contributed by atoms with Crippen molar-refractivity contribution in [2.75, 3.05) is 54.3 Å². The van der Waals surface area contributed by atoms with Crippen LogP contribution in [0.3, 0.4) is 0 Å². The van der Waals surface area contributed by atoms with E-state index in [1.165, 1.54) is 16.7 Å². The van der Waals surface area contributed by atoms with Crippen LogP contribution < -0.4 is 0 Å². The molecule has 0 saturated carbocycles. The van der Waals surface area contributed by atoms with E-state index in [1.807, 2.05) is 7.05 Å². The average Bonchev–Trinajstić information content (AvgIpc) is 2.74. The maximum absolute atomic E-state index is 10.5. The van der Waals surface area contributed by atoms with Gasteiger partial charge in [0.15, 0.2) is 0 Å². The Bertz CT molecular complexity index is 343. The molecule has 0 aromatic heterocycles. The summed E-state index contributed by atoms with van der Waals surface area (Å²) < 4.78 is 9.56. The van der Waals surface area contributed by atoms with E-state index in [0.717, 1.165) is 25.8 Å². The minimum Gasteiger partial charge on any atom is -0.351 e.